The molecule has 3 unspecified atom stereocenters. The molecule has 0 radical (unpaired) electrons. The van der Waals surface area contributed by atoms with E-state index in [9.17, 15) is 14.4 Å². The van der Waals surface area contributed by atoms with Crippen molar-refractivity contribution in [2.24, 2.45) is 5.92 Å². The number of halogens is 1. The molecule has 1 aliphatic heterocycles. The number of dihydropyridines is 1. The first kappa shape index (κ1) is 24.4. The maximum absolute atomic E-state index is 15.1. The molecular formula is C28H28FNO5. The van der Waals surface area contributed by atoms with Crippen LogP contribution in [-0.4, -0.2) is 30.9 Å². The third-order valence-corrected chi connectivity index (χ3v) is 6.50. The molecule has 2 aromatic carbocycles. The molecule has 1 heterocycles. The second-order valence-electron chi connectivity index (χ2n) is 8.55. The number of allylic oxidation sites excluding steroid dienone is 3. The Hall–Kier alpha value is -3.74. The smallest absolute Gasteiger partial charge is 0.336 e. The number of carbonyl (C=O) groups is 3. The second-order valence-corrected chi connectivity index (χ2v) is 8.55. The SMILES string of the molecule is CCOC(=O)C1=C(C)NC2=C(C(=O)C(C(=O)OCC)C(c3ccccc3)C2)C1c1ccccc1F. The van der Waals surface area contributed by atoms with Gasteiger partial charge in [0.05, 0.1) is 24.7 Å². The highest BCUT2D eigenvalue weighted by Crippen LogP contribution is 2.48. The molecule has 7 heteroatoms. The van der Waals surface area contributed by atoms with Crippen LogP contribution in [0.15, 0.2) is 77.1 Å². The van der Waals surface area contributed by atoms with Gasteiger partial charge >= 0.3 is 11.9 Å². The van der Waals surface area contributed by atoms with Gasteiger partial charge in [-0.2, -0.15) is 0 Å². The van der Waals surface area contributed by atoms with Crippen molar-refractivity contribution in [1.29, 1.82) is 0 Å². The van der Waals surface area contributed by atoms with Crippen LogP contribution in [0.4, 0.5) is 4.39 Å². The van der Waals surface area contributed by atoms with Crippen molar-refractivity contribution in [2.75, 3.05) is 13.2 Å². The molecule has 0 fully saturated rings. The number of benzene rings is 2. The van der Waals surface area contributed by atoms with E-state index in [0.717, 1.165) is 5.56 Å². The van der Waals surface area contributed by atoms with E-state index in [1.807, 2.05) is 30.3 Å². The third-order valence-electron chi connectivity index (χ3n) is 6.50. The Labute approximate surface area is 203 Å². The Bertz CT molecular complexity index is 1220. The fraction of sp³-hybridized carbons (Fsp3) is 0.321. The molecule has 0 saturated heterocycles. The summed E-state index contributed by atoms with van der Waals surface area (Å²) < 4.78 is 25.7. The van der Waals surface area contributed by atoms with Gasteiger partial charge in [0, 0.05) is 28.4 Å². The predicted octanol–water partition coefficient (Wildman–Crippen LogP) is 4.54. The molecule has 1 N–H and O–H groups in total. The zero-order valence-electron chi connectivity index (χ0n) is 20.0. The first-order valence-corrected chi connectivity index (χ1v) is 11.8. The molecule has 182 valence electrons. The number of ether oxygens (including phenoxy) is 2. The van der Waals surface area contributed by atoms with Crippen molar-refractivity contribution in [1.82, 2.24) is 5.32 Å². The third kappa shape index (κ3) is 4.50. The Morgan fingerprint density at radius 3 is 2.31 bits per heavy atom. The van der Waals surface area contributed by atoms with E-state index >= 15 is 4.39 Å². The second kappa shape index (κ2) is 10.3. The lowest BCUT2D eigenvalue weighted by molar-refractivity contribution is -0.152. The number of nitrogens with one attached hydrogen (secondary N) is 1. The summed E-state index contributed by atoms with van der Waals surface area (Å²) in [4.78, 5) is 40.2. The fourth-order valence-electron chi connectivity index (χ4n) is 5.05. The summed E-state index contributed by atoms with van der Waals surface area (Å²) in [5, 5.41) is 3.21. The van der Waals surface area contributed by atoms with Crippen molar-refractivity contribution < 1.29 is 28.2 Å². The van der Waals surface area contributed by atoms with Crippen LogP contribution < -0.4 is 5.32 Å². The summed E-state index contributed by atoms with van der Waals surface area (Å²) in [7, 11) is 0. The molecule has 3 atom stereocenters. The van der Waals surface area contributed by atoms with Crippen LogP contribution in [0, 0.1) is 11.7 Å². The number of Topliss-reactive ketones (excluding diaryl/α,β-unsaturated/α-hetero) is 1. The molecule has 2 aliphatic rings. The quantitative estimate of drug-likeness (QED) is 0.486. The average Bonchev–Trinajstić information content (AvgIpc) is 2.84. The van der Waals surface area contributed by atoms with E-state index in [-0.39, 0.29) is 29.9 Å². The molecule has 4 rings (SSSR count). The van der Waals surface area contributed by atoms with Gasteiger partial charge in [0.1, 0.15) is 11.7 Å². The molecule has 1 aliphatic carbocycles. The lowest BCUT2D eigenvalue weighted by atomic mass is 9.67. The van der Waals surface area contributed by atoms with Crippen LogP contribution in [-0.2, 0) is 23.9 Å². The van der Waals surface area contributed by atoms with Crippen LogP contribution in [0.3, 0.4) is 0 Å². The van der Waals surface area contributed by atoms with Gasteiger partial charge in [-0.1, -0.05) is 48.5 Å². The van der Waals surface area contributed by atoms with E-state index in [1.165, 1.54) is 6.07 Å². The Balaban J connectivity index is 1.91. The summed E-state index contributed by atoms with van der Waals surface area (Å²) in [6.07, 6.45) is 0.326. The molecular weight excluding hydrogens is 449 g/mol. The van der Waals surface area contributed by atoms with Gasteiger partial charge in [0.15, 0.2) is 5.78 Å². The highest BCUT2D eigenvalue weighted by Gasteiger charge is 2.49. The highest BCUT2D eigenvalue weighted by atomic mass is 19.1. The predicted molar refractivity (Wildman–Crippen MR) is 128 cm³/mol. The van der Waals surface area contributed by atoms with Gasteiger partial charge < -0.3 is 14.8 Å². The largest absolute Gasteiger partial charge is 0.465 e. The Morgan fingerprint density at radius 1 is 1.00 bits per heavy atom. The number of hydrogen-bond donors (Lipinski definition) is 1. The van der Waals surface area contributed by atoms with Crippen LogP contribution in [0.2, 0.25) is 0 Å². The normalized spacial score (nSPS) is 21.8. The summed E-state index contributed by atoms with van der Waals surface area (Å²) in [6.45, 7) is 5.32. The van der Waals surface area contributed by atoms with E-state index < -0.39 is 41.3 Å². The lowest BCUT2D eigenvalue weighted by Gasteiger charge is -2.39. The maximum atomic E-state index is 15.1. The number of hydrogen-bond acceptors (Lipinski definition) is 6. The lowest BCUT2D eigenvalue weighted by Crippen LogP contribution is -2.43. The van der Waals surface area contributed by atoms with E-state index in [4.69, 9.17) is 9.47 Å². The van der Waals surface area contributed by atoms with E-state index in [1.54, 1.807) is 39.0 Å². The van der Waals surface area contributed by atoms with Gasteiger partial charge in [0.25, 0.3) is 0 Å². The highest BCUT2D eigenvalue weighted by molar-refractivity contribution is 6.13. The zero-order chi connectivity index (χ0) is 25.1. The summed E-state index contributed by atoms with van der Waals surface area (Å²) >= 11 is 0. The first-order chi connectivity index (χ1) is 16.9. The van der Waals surface area contributed by atoms with Gasteiger partial charge in [-0.05, 0) is 38.8 Å². The molecule has 0 spiro atoms. The van der Waals surface area contributed by atoms with E-state index in [0.29, 0.717) is 17.8 Å². The topological polar surface area (TPSA) is 81.7 Å². The molecule has 35 heavy (non-hydrogen) atoms. The van der Waals surface area contributed by atoms with Crippen molar-refractivity contribution in [3.05, 3.63) is 94.1 Å². The standard InChI is InChI=1S/C28H28FNO5/c1-4-34-27(32)22-16(3)30-21-15-19(17-11-7-6-8-12-17)24(28(33)35-5-2)26(31)25(21)23(22)18-13-9-10-14-20(18)29/h6-14,19,23-24,30H,4-5,15H2,1-3H3. The van der Waals surface area contributed by atoms with Gasteiger partial charge in [-0.25, -0.2) is 9.18 Å². The molecule has 0 saturated carbocycles. The van der Waals surface area contributed by atoms with Crippen LogP contribution in [0.25, 0.3) is 0 Å². The van der Waals surface area contributed by atoms with Crippen molar-refractivity contribution >= 4 is 17.7 Å². The van der Waals surface area contributed by atoms with Crippen molar-refractivity contribution in [3.8, 4) is 0 Å². The minimum Gasteiger partial charge on any atom is -0.465 e. The molecule has 0 bridgehead atoms. The van der Waals surface area contributed by atoms with Gasteiger partial charge in [0.2, 0.25) is 0 Å². The minimum absolute atomic E-state index is 0.123. The Kier molecular flexibility index (Phi) is 7.15. The van der Waals surface area contributed by atoms with Crippen molar-refractivity contribution in [2.45, 2.75) is 39.0 Å². The number of esters is 2. The number of ketones is 1. The Morgan fingerprint density at radius 2 is 1.66 bits per heavy atom. The average molecular weight is 478 g/mol. The van der Waals surface area contributed by atoms with Crippen LogP contribution >= 0.6 is 0 Å². The first-order valence-electron chi connectivity index (χ1n) is 11.8. The minimum atomic E-state index is -1.12. The summed E-state index contributed by atoms with van der Waals surface area (Å²) in [6, 6.07) is 15.4. The fourth-order valence-corrected chi connectivity index (χ4v) is 5.05. The molecule has 6 nitrogen and oxygen atoms in total. The summed E-state index contributed by atoms with van der Waals surface area (Å²) in [5.74, 6) is -4.88. The zero-order valence-corrected chi connectivity index (χ0v) is 20.0. The van der Waals surface area contributed by atoms with E-state index in [2.05, 4.69) is 5.32 Å². The van der Waals surface area contributed by atoms with Gasteiger partial charge in [-0.3, -0.25) is 9.59 Å². The van der Waals surface area contributed by atoms with Crippen LogP contribution in [0.5, 0.6) is 0 Å². The number of rotatable bonds is 6. The monoisotopic (exact) mass is 477 g/mol. The van der Waals surface area contributed by atoms with Crippen molar-refractivity contribution in [3.63, 3.8) is 0 Å². The summed E-state index contributed by atoms with van der Waals surface area (Å²) in [5.41, 5.74) is 2.43. The molecule has 2 aromatic rings. The molecule has 0 amide bonds. The van der Waals surface area contributed by atoms with Gasteiger partial charge in [-0.15, -0.1) is 0 Å². The molecule has 0 aromatic heterocycles. The number of carbonyl (C=O) groups excluding carboxylic acids is 3. The maximum Gasteiger partial charge on any atom is 0.336 e. The van der Waals surface area contributed by atoms with Crippen LogP contribution in [0.1, 0.15) is 50.2 Å².